The summed E-state index contributed by atoms with van der Waals surface area (Å²) in [5, 5.41) is 10.2. The minimum atomic E-state index is -0.778. The Morgan fingerprint density at radius 2 is 1.96 bits per heavy atom. The smallest absolute Gasteiger partial charge is 0.252 e. The van der Waals surface area contributed by atoms with Gasteiger partial charge in [-0.1, -0.05) is 36.4 Å². The third-order valence-electron chi connectivity index (χ3n) is 4.25. The predicted molar refractivity (Wildman–Crippen MR) is 87.0 cm³/mol. The summed E-state index contributed by atoms with van der Waals surface area (Å²) in [6.45, 7) is 0.349. The Kier molecular flexibility index (Phi) is 4.32. The van der Waals surface area contributed by atoms with Crippen LogP contribution in [0.15, 0.2) is 42.5 Å². The van der Waals surface area contributed by atoms with Crippen LogP contribution in [0.5, 0.6) is 5.75 Å². The molecule has 2 aromatic rings. The Morgan fingerprint density at radius 1 is 1.22 bits per heavy atom. The maximum absolute atomic E-state index is 11.9. The van der Waals surface area contributed by atoms with E-state index in [1.165, 1.54) is 0 Å². The van der Waals surface area contributed by atoms with E-state index in [0.29, 0.717) is 36.3 Å². The summed E-state index contributed by atoms with van der Waals surface area (Å²) in [5.74, 6) is -0.102. The largest absolute Gasteiger partial charge is 0.488 e. The number of benzene rings is 2. The first-order chi connectivity index (χ1) is 11.1. The fourth-order valence-corrected chi connectivity index (χ4v) is 3.01. The molecule has 5 heteroatoms. The van der Waals surface area contributed by atoms with E-state index in [1.54, 1.807) is 12.1 Å². The number of hydrogen-bond acceptors (Lipinski definition) is 4. The molecule has 0 fully saturated rings. The Labute approximate surface area is 134 Å². The number of aliphatic hydroxyl groups is 1. The van der Waals surface area contributed by atoms with Gasteiger partial charge in [-0.3, -0.25) is 4.79 Å². The molecule has 0 saturated heterocycles. The van der Waals surface area contributed by atoms with Crippen molar-refractivity contribution in [2.75, 3.05) is 0 Å². The zero-order chi connectivity index (χ0) is 16.4. The summed E-state index contributed by atoms with van der Waals surface area (Å²) in [6.07, 6.45) is 0.435. The molecule has 5 nitrogen and oxygen atoms in total. The van der Waals surface area contributed by atoms with Crippen molar-refractivity contribution < 1.29 is 14.6 Å². The van der Waals surface area contributed by atoms with Crippen molar-refractivity contribution >= 4 is 5.91 Å². The maximum atomic E-state index is 11.9. The monoisotopic (exact) mass is 312 g/mol. The second kappa shape index (κ2) is 6.40. The minimum Gasteiger partial charge on any atom is -0.488 e. The average molecular weight is 312 g/mol. The zero-order valence-electron chi connectivity index (χ0n) is 12.7. The van der Waals surface area contributed by atoms with Gasteiger partial charge in [-0.25, -0.2) is 0 Å². The second-order valence-corrected chi connectivity index (χ2v) is 5.79. The van der Waals surface area contributed by atoms with Crippen molar-refractivity contribution in [2.45, 2.75) is 31.6 Å². The van der Waals surface area contributed by atoms with Gasteiger partial charge in [-0.2, -0.15) is 0 Å². The highest BCUT2D eigenvalue weighted by atomic mass is 16.5. The average Bonchev–Trinajstić information content (AvgIpc) is 2.56. The van der Waals surface area contributed by atoms with Crippen LogP contribution in [0.4, 0.5) is 0 Å². The van der Waals surface area contributed by atoms with Crippen molar-refractivity contribution in [3.63, 3.8) is 0 Å². The van der Waals surface area contributed by atoms with Gasteiger partial charge in [0.05, 0.1) is 11.7 Å². The number of carbonyl (C=O) groups is 1. The maximum Gasteiger partial charge on any atom is 0.252 e. The number of rotatable bonds is 4. The Morgan fingerprint density at radius 3 is 2.65 bits per heavy atom. The third kappa shape index (κ3) is 3.06. The molecule has 0 bridgehead atoms. The fraction of sp³-hybridized carbons (Fsp3) is 0.278. The molecule has 2 unspecified atom stereocenters. The molecule has 1 amide bonds. The normalized spacial score (nSPS) is 19.9. The van der Waals surface area contributed by atoms with Crippen LogP contribution in [-0.2, 0) is 13.0 Å². The SMILES string of the molecule is NC(=O)c1c(OCc2ccccc2)ccc2c1CCC(N)C2O. The lowest BCUT2D eigenvalue weighted by molar-refractivity contribution is 0.0991. The van der Waals surface area contributed by atoms with E-state index in [1.807, 2.05) is 30.3 Å². The van der Waals surface area contributed by atoms with Gasteiger partial charge in [0.2, 0.25) is 0 Å². The molecule has 5 N–H and O–H groups in total. The standard InChI is InChI=1S/C18H20N2O3/c19-14-8-6-12-13(17(14)21)7-9-15(16(12)18(20)22)23-10-11-4-2-1-3-5-11/h1-5,7,9,14,17,21H,6,8,10,19H2,(H2,20,22). The van der Waals surface area contributed by atoms with Gasteiger partial charge in [-0.15, -0.1) is 0 Å². The van der Waals surface area contributed by atoms with Crippen LogP contribution in [0, 0.1) is 0 Å². The molecule has 120 valence electrons. The molecule has 0 aromatic heterocycles. The van der Waals surface area contributed by atoms with Crippen molar-refractivity contribution in [3.8, 4) is 5.75 Å². The quantitative estimate of drug-likeness (QED) is 0.799. The molecule has 0 spiro atoms. The van der Waals surface area contributed by atoms with Crippen molar-refractivity contribution in [1.29, 1.82) is 0 Å². The number of amides is 1. The molecule has 0 aliphatic heterocycles. The van der Waals surface area contributed by atoms with Crippen LogP contribution < -0.4 is 16.2 Å². The van der Waals surface area contributed by atoms with Crippen LogP contribution in [-0.4, -0.2) is 17.1 Å². The summed E-state index contributed by atoms with van der Waals surface area (Å²) in [4.78, 5) is 11.9. The van der Waals surface area contributed by atoms with Gasteiger partial charge in [0.25, 0.3) is 5.91 Å². The van der Waals surface area contributed by atoms with Gasteiger partial charge >= 0.3 is 0 Å². The minimum absolute atomic E-state index is 0.320. The van der Waals surface area contributed by atoms with E-state index < -0.39 is 12.0 Å². The molecule has 0 radical (unpaired) electrons. The molecule has 0 heterocycles. The van der Waals surface area contributed by atoms with Crippen LogP contribution in [0.1, 0.15) is 39.6 Å². The van der Waals surface area contributed by atoms with Crippen LogP contribution >= 0.6 is 0 Å². The zero-order valence-corrected chi connectivity index (χ0v) is 12.7. The highest BCUT2D eigenvalue weighted by molar-refractivity contribution is 5.97. The Balaban J connectivity index is 1.93. The van der Waals surface area contributed by atoms with Gasteiger partial charge in [-0.05, 0) is 35.6 Å². The van der Waals surface area contributed by atoms with E-state index >= 15 is 0 Å². The summed E-state index contributed by atoms with van der Waals surface area (Å²) in [5.41, 5.74) is 14.2. The topological polar surface area (TPSA) is 98.6 Å². The molecular formula is C18H20N2O3. The van der Waals surface area contributed by atoms with Crippen molar-refractivity contribution in [2.24, 2.45) is 11.5 Å². The van der Waals surface area contributed by atoms with Gasteiger partial charge < -0.3 is 21.3 Å². The predicted octanol–water partition coefficient (Wildman–Crippen LogP) is 1.67. The summed E-state index contributed by atoms with van der Waals surface area (Å²) < 4.78 is 5.80. The number of aliphatic hydroxyl groups excluding tert-OH is 1. The first kappa shape index (κ1) is 15.5. The number of ether oxygens (including phenoxy) is 1. The van der Waals surface area contributed by atoms with Gasteiger partial charge in [0.1, 0.15) is 12.4 Å². The third-order valence-corrected chi connectivity index (χ3v) is 4.25. The number of fused-ring (bicyclic) bond motifs is 1. The van der Waals surface area contributed by atoms with Crippen molar-refractivity contribution in [3.05, 3.63) is 64.7 Å². The summed E-state index contributed by atoms with van der Waals surface area (Å²) in [6, 6.07) is 12.8. The van der Waals surface area contributed by atoms with Gasteiger partial charge in [0.15, 0.2) is 0 Å². The molecule has 3 rings (SSSR count). The molecule has 2 atom stereocenters. The molecular weight excluding hydrogens is 292 g/mol. The van der Waals surface area contributed by atoms with Crippen LogP contribution in [0.25, 0.3) is 0 Å². The number of hydrogen-bond donors (Lipinski definition) is 3. The lowest BCUT2D eigenvalue weighted by atomic mass is 9.83. The number of nitrogens with two attached hydrogens (primary N) is 2. The molecule has 0 saturated carbocycles. The molecule has 23 heavy (non-hydrogen) atoms. The lowest BCUT2D eigenvalue weighted by Gasteiger charge is -2.29. The van der Waals surface area contributed by atoms with E-state index in [9.17, 15) is 9.90 Å². The van der Waals surface area contributed by atoms with E-state index in [0.717, 1.165) is 11.1 Å². The van der Waals surface area contributed by atoms with E-state index in [2.05, 4.69) is 0 Å². The summed E-state index contributed by atoms with van der Waals surface area (Å²) >= 11 is 0. The first-order valence-electron chi connectivity index (χ1n) is 7.64. The summed E-state index contributed by atoms with van der Waals surface area (Å²) in [7, 11) is 0. The Hall–Kier alpha value is -2.37. The van der Waals surface area contributed by atoms with Crippen LogP contribution in [0.2, 0.25) is 0 Å². The van der Waals surface area contributed by atoms with Crippen molar-refractivity contribution in [1.82, 2.24) is 0 Å². The van der Waals surface area contributed by atoms with E-state index in [4.69, 9.17) is 16.2 Å². The first-order valence-corrected chi connectivity index (χ1v) is 7.64. The lowest BCUT2D eigenvalue weighted by Crippen LogP contribution is -2.34. The van der Waals surface area contributed by atoms with E-state index in [-0.39, 0.29) is 6.04 Å². The highest BCUT2D eigenvalue weighted by Crippen LogP contribution is 2.35. The molecule has 1 aliphatic rings. The number of primary amides is 1. The van der Waals surface area contributed by atoms with Crippen LogP contribution in [0.3, 0.4) is 0 Å². The Bertz CT molecular complexity index is 716. The second-order valence-electron chi connectivity index (χ2n) is 5.79. The highest BCUT2D eigenvalue weighted by Gasteiger charge is 2.29. The molecule has 2 aromatic carbocycles. The fourth-order valence-electron chi connectivity index (χ4n) is 3.01. The number of carbonyl (C=O) groups excluding carboxylic acids is 1. The van der Waals surface area contributed by atoms with Gasteiger partial charge in [0, 0.05) is 6.04 Å². The molecule has 1 aliphatic carbocycles.